The zero-order valence-electron chi connectivity index (χ0n) is 15.5. The van der Waals surface area contributed by atoms with Gasteiger partial charge in [-0.2, -0.15) is 4.99 Å². The third kappa shape index (κ3) is 4.37. The number of thiocarbonyl (C=S) groups is 1. The molecule has 7 heteroatoms. The summed E-state index contributed by atoms with van der Waals surface area (Å²) < 4.78 is 6.98. The van der Waals surface area contributed by atoms with E-state index in [1.165, 1.54) is 32.1 Å². The van der Waals surface area contributed by atoms with Crippen LogP contribution in [0.15, 0.2) is 10.4 Å². The van der Waals surface area contributed by atoms with Crippen LogP contribution in [-0.4, -0.2) is 39.6 Å². The molecular formula is C18H27N3OS3. The minimum atomic E-state index is 0.0305. The molecule has 0 bridgehead atoms. The molecule has 1 aromatic rings. The number of thiazole rings is 1. The molecule has 1 spiro atoms. The molecule has 3 rings (SSSR count). The summed E-state index contributed by atoms with van der Waals surface area (Å²) in [6.07, 6.45) is 8.38. The van der Waals surface area contributed by atoms with Crippen LogP contribution in [0.5, 0.6) is 0 Å². The highest BCUT2D eigenvalue weighted by Gasteiger charge is 2.41. The summed E-state index contributed by atoms with van der Waals surface area (Å²) in [7, 11) is 0. The fraction of sp³-hybridized carbons (Fsp3) is 0.722. The number of aromatic nitrogens is 1. The molecule has 0 N–H and O–H groups in total. The van der Waals surface area contributed by atoms with Crippen molar-refractivity contribution in [3.05, 3.63) is 11.1 Å². The number of aliphatic imine (C=N–C) groups is 1. The van der Waals surface area contributed by atoms with E-state index >= 15 is 0 Å². The van der Waals surface area contributed by atoms with Crippen LogP contribution < -0.4 is 0 Å². The number of hydrogen-bond donors (Lipinski definition) is 0. The molecule has 2 heterocycles. The number of hydrogen-bond acceptors (Lipinski definition) is 6. The molecule has 2 aliphatic rings. The molecule has 138 valence electrons. The molecule has 1 aromatic heterocycles. The van der Waals surface area contributed by atoms with Gasteiger partial charge in [-0.1, -0.05) is 64.0 Å². The SMILES string of the molecule is CSC(=S)N1CC2(CCCCC2)COC1=Nc1nc(C(C)(C)C)cs1. The second-order valence-electron chi connectivity index (χ2n) is 8.07. The fourth-order valence-electron chi connectivity index (χ4n) is 3.44. The maximum absolute atomic E-state index is 6.15. The van der Waals surface area contributed by atoms with E-state index in [0.29, 0.717) is 6.02 Å². The lowest BCUT2D eigenvalue weighted by atomic mass is 9.74. The van der Waals surface area contributed by atoms with E-state index in [2.05, 4.69) is 36.0 Å². The maximum Gasteiger partial charge on any atom is 0.300 e. The van der Waals surface area contributed by atoms with Gasteiger partial charge in [0, 0.05) is 22.8 Å². The van der Waals surface area contributed by atoms with E-state index < -0.39 is 0 Å². The van der Waals surface area contributed by atoms with Crippen LogP contribution in [0.25, 0.3) is 0 Å². The Balaban J connectivity index is 1.84. The topological polar surface area (TPSA) is 37.7 Å². The second kappa shape index (κ2) is 7.53. The Morgan fingerprint density at radius 2 is 2.08 bits per heavy atom. The van der Waals surface area contributed by atoms with Crippen molar-refractivity contribution in [3.63, 3.8) is 0 Å². The van der Waals surface area contributed by atoms with Crippen molar-refractivity contribution in [1.29, 1.82) is 0 Å². The first-order valence-electron chi connectivity index (χ1n) is 8.86. The highest BCUT2D eigenvalue weighted by molar-refractivity contribution is 8.22. The van der Waals surface area contributed by atoms with Gasteiger partial charge in [0.25, 0.3) is 0 Å². The molecular weight excluding hydrogens is 370 g/mol. The van der Waals surface area contributed by atoms with Crippen molar-refractivity contribution in [3.8, 4) is 0 Å². The molecule has 0 amide bonds. The van der Waals surface area contributed by atoms with Gasteiger partial charge in [-0.05, 0) is 19.1 Å². The first-order chi connectivity index (χ1) is 11.8. The maximum atomic E-state index is 6.15. The van der Waals surface area contributed by atoms with Crippen molar-refractivity contribution in [2.45, 2.75) is 58.3 Å². The molecule has 2 fully saturated rings. The minimum absolute atomic E-state index is 0.0305. The highest BCUT2D eigenvalue weighted by atomic mass is 32.2. The van der Waals surface area contributed by atoms with E-state index in [1.807, 2.05) is 6.26 Å². The van der Waals surface area contributed by atoms with E-state index in [4.69, 9.17) is 21.9 Å². The zero-order chi connectivity index (χ0) is 18.1. The van der Waals surface area contributed by atoms with Crippen LogP contribution in [0.1, 0.15) is 58.6 Å². The highest BCUT2D eigenvalue weighted by Crippen LogP contribution is 2.40. The standard InChI is InChI=1S/C18H27N3OS3/c1-17(2,3)13-10-25-14(19-13)20-15-21(16(23)24-4)11-18(12-22-15)8-6-5-7-9-18/h10H,5-9,11-12H2,1-4H3. The van der Waals surface area contributed by atoms with Gasteiger partial charge in [0.1, 0.15) is 4.32 Å². The molecule has 1 aliphatic carbocycles. The van der Waals surface area contributed by atoms with Gasteiger partial charge in [-0.3, -0.25) is 4.90 Å². The quantitative estimate of drug-likeness (QED) is 0.597. The molecule has 1 saturated heterocycles. The zero-order valence-corrected chi connectivity index (χ0v) is 18.0. The predicted octanol–water partition coefficient (Wildman–Crippen LogP) is 5.36. The summed E-state index contributed by atoms with van der Waals surface area (Å²) in [6.45, 7) is 8.16. The van der Waals surface area contributed by atoms with Gasteiger partial charge in [0.15, 0.2) is 0 Å². The first-order valence-corrected chi connectivity index (χ1v) is 11.4. The molecule has 25 heavy (non-hydrogen) atoms. The van der Waals surface area contributed by atoms with Gasteiger partial charge in [-0.15, -0.1) is 11.3 Å². The van der Waals surface area contributed by atoms with Crippen molar-refractivity contribution in [2.75, 3.05) is 19.4 Å². The van der Waals surface area contributed by atoms with Crippen LogP contribution in [0.4, 0.5) is 5.13 Å². The average Bonchev–Trinajstić information content (AvgIpc) is 3.06. The lowest BCUT2D eigenvalue weighted by Crippen LogP contribution is -2.52. The third-order valence-corrected chi connectivity index (χ3v) is 7.02. The molecule has 1 saturated carbocycles. The van der Waals surface area contributed by atoms with Crippen molar-refractivity contribution in [2.24, 2.45) is 10.4 Å². The largest absolute Gasteiger partial charge is 0.464 e. The average molecular weight is 398 g/mol. The Morgan fingerprint density at radius 3 is 2.68 bits per heavy atom. The van der Waals surface area contributed by atoms with E-state index in [-0.39, 0.29) is 10.8 Å². The molecule has 0 unspecified atom stereocenters. The molecule has 1 aliphatic heterocycles. The normalized spacial score (nSPS) is 22.2. The smallest absolute Gasteiger partial charge is 0.300 e. The Labute approximate surface area is 164 Å². The monoisotopic (exact) mass is 397 g/mol. The Morgan fingerprint density at radius 1 is 1.36 bits per heavy atom. The first kappa shape index (κ1) is 19.1. The summed E-state index contributed by atoms with van der Waals surface area (Å²) in [6, 6.07) is 0.616. The Kier molecular flexibility index (Phi) is 5.75. The fourth-order valence-corrected chi connectivity index (χ4v) is 4.85. The number of thioether (sulfide) groups is 1. The molecule has 0 atom stereocenters. The van der Waals surface area contributed by atoms with Crippen molar-refractivity contribution in [1.82, 2.24) is 9.88 Å². The van der Waals surface area contributed by atoms with Gasteiger partial charge < -0.3 is 4.74 Å². The number of ether oxygens (including phenoxy) is 1. The molecule has 0 radical (unpaired) electrons. The summed E-state index contributed by atoms with van der Waals surface area (Å²) in [5.41, 5.74) is 1.33. The van der Waals surface area contributed by atoms with Crippen molar-refractivity contribution < 1.29 is 4.74 Å². The Bertz CT molecular complexity index is 657. The van der Waals surface area contributed by atoms with Crippen molar-refractivity contribution >= 4 is 50.8 Å². The lowest BCUT2D eigenvalue weighted by molar-refractivity contribution is 0.0347. The van der Waals surface area contributed by atoms with Gasteiger partial charge >= 0.3 is 6.02 Å². The predicted molar refractivity (Wildman–Crippen MR) is 112 cm³/mol. The number of amidine groups is 1. The van der Waals surface area contributed by atoms with E-state index in [1.54, 1.807) is 23.1 Å². The second-order valence-corrected chi connectivity index (χ2v) is 10.3. The summed E-state index contributed by atoms with van der Waals surface area (Å²) in [5, 5.41) is 2.83. The Hall–Kier alpha value is -0.660. The van der Waals surface area contributed by atoms with E-state index in [0.717, 1.165) is 28.3 Å². The summed E-state index contributed by atoms with van der Waals surface area (Å²) in [4.78, 5) is 11.5. The van der Waals surface area contributed by atoms with Gasteiger partial charge in [0.05, 0.1) is 12.3 Å². The minimum Gasteiger partial charge on any atom is -0.464 e. The van der Waals surface area contributed by atoms with Crippen LogP contribution >= 0.6 is 35.3 Å². The van der Waals surface area contributed by atoms with Crippen LogP contribution in [0.3, 0.4) is 0 Å². The molecule has 4 nitrogen and oxygen atoms in total. The van der Waals surface area contributed by atoms with Gasteiger partial charge in [-0.25, -0.2) is 4.98 Å². The van der Waals surface area contributed by atoms with Crippen LogP contribution in [-0.2, 0) is 10.2 Å². The lowest BCUT2D eigenvalue weighted by Gasteiger charge is -2.45. The van der Waals surface area contributed by atoms with Gasteiger partial charge in [0.2, 0.25) is 5.13 Å². The summed E-state index contributed by atoms with van der Waals surface area (Å²) >= 11 is 8.74. The number of rotatable bonds is 1. The van der Waals surface area contributed by atoms with Crippen LogP contribution in [0, 0.1) is 5.41 Å². The molecule has 0 aromatic carbocycles. The summed E-state index contributed by atoms with van der Waals surface area (Å²) in [5.74, 6) is 0. The third-order valence-electron chi connectivity index (χ3n) is 4.99. The number of nitrogens with zero attached hydrogens (tertiary/aromatic N) is 3. The van der Waals surface area contributed by atoms with E-state index in [9.17, 15) is 0 Å². The van der Waals surface area contributed by atoms with Crippen LogP contribution in [0.2, 0.25) is 0 Å².